The minimum Gasteiger partial charge on any atom is -0.207 e. The Labute approximate surface area is 71.4 Å². The highest BCUT2D eigenvalue weighted by Crippen LogP contribution is 2.14. The van der Waals surface area contributed by atoms with Gasteiger partial charge in [-0.25, -0.2) is 4.39 Å². The first-order chi connectivity index (χ1) is 5.65. The first kappa shape index (κ1) is 8.73. The van der Waals surface area contributed by atoms with Crippen molar-refractivity contribution in [3.05, 3.63) is 34.6 Å². The Morgan fingerprint density at radius 2 is 2.00 bits per heavy atom. The molecule has 1 rings (SSSR count). The standard InChI is InChI=1S/C10H10FN/c1-7-6-10(11)8(2)5-9(7)3-4-12/h5-6H,3H2,1-2H3. The van der Waals surface area contributed by atoms with Gasteiger partial charge in [0.2, 0.25) is 0 Å². The van der Waals surface area contributed by atoms with Crippen LogP contribution in [0.25, 0.3) is 0 Å². The van der Waals surface area contributed by atoms with E-state index >= 15 is 0 Å². The molecular weight excluding hydrogens is 153 g/mol. The number of hydrogen-bond donors (Lipinski definition) is 0. The summed E-state index contributed by atoms with van der Waals surface area (Å²) in [6.07, 6.45) is 0.354. The third-order valence-corrected chi connectivity index (χ3v) is 1.89. The van der Waals surface area contributed by atoms with Crippen LogP contribution < -0.4 is 0 Å². The van der Waals surface area contributed by atoms with Gasteiger partial charge in [-0.1, -0.05) is 6.07 Å². The van der Waals surface area contributed by atoms with Crippen LogP contribution in [0.4, 0.5) is 4.39 Å². The molecule has 0 spiro atoms. The summed E-state index contributed by atoms with van der Waals surface area (Å²) in [6, 6.07) is 5.25. The highest BCUT2D eigenvalue weighted by molar-refractivity contribution is 5.33. The number of benzene rings is 1. The van der Waals surface area contributed by atoms with Gasteiger partial charge >= 0.3 is 0 Å². The minimum atomic E-state index is -0.200. The molecule has 0 amide bonds. The molecular formula is C10H10FN. The fourth-order valence-electron chi connectivity index (χ4n) is 1.12. The summed E-state index contributed by atoms with van der Waals surface area (Å²) in [7, 11) is 0. The smallest absolute Gasteiger partial charge is 0.126 e. The van der Waals surface area contributed by atoms with Gasteiger partial charge in [0.25, 0.3) is 0 Å². The lowest BCUT2D eigenvalue weighted by Gasteiger charge is -2.03. The molecule has 1 aromatic carbocycles. The zero-order chi connectivity index (χ0) is 9.14. The zero-order valence-corrected chi connectivity index (χ0v) is 7.19. The normalized spacial score (nSPS) is 9.50. The predicted molar refractivity (Wildman–Crippen MR) is 45.2 cm³/mol. The highest BCUT2D eigenvalue weighted by atomic mass is 19.1. The van der Waals surface area contributed by atoms with Gasteiger partial charge < -0.3 is 0 Å². The van der Waals surface area contributed by atoms with Crippen molar-refractivity contribution in [2.24, 2.45) is 0 Å². The third kappa shape index (κ3) is 1.62. The van der Waals surface area contributed by atoms with Crippen LogP contribution in [-0.4, -0.2) is 0 Å². The quantitative estimate of drug-likeness (QED) is 0.624. The third-order valence-electron chi connectivity index (χ3n) is 1.89. The molecule has 12 heavy (non-hydrogen) atoms. The van der Waals surface area contributed by atoms with Crippen LogP contribution in [0.2, 0.25) is 0 Å². The van der Waals surface area contributed by atoms with E-state index < -0.39 is 0 Å². The number of aryl methyl sites for hydroxylation is 2. The van der Waals surface area contributed by atoms with Gasteiger partial charge in [0.15, 0.2) is 0 Å². The lowest BCUT2D eigenvalue weighted by atomic mass is 10.0. The van der Waals surface area contributed by atoms with E-state index in [0.717, 1.165) is 11.1 Å². The Morgan fingerprint density at radius 3 is 2.58 bits per heavy atom. The van der Waals surface area contributed by atoms with E-state index in [1.807, 2.05) is 13.0 Å². The maximum Gasteiger partial charge on any atom is 0.126 e. The van der Waals surface area contributed by atoms with Gasteiger partial charge in [-0.2, -0.15) is 5.26 Å². The molecule has 1 aromatic rings. The average molecular weight is 163 g/mol. The van der Waals surface area contributed by atoms with E-state index in [-0.39, 0.29) is 5.82 Å². The van der Waals surface area contributed by atoms with Crippen LogP contribution in [-0.2, 0) is 6.42 Å². The summed E-state index contributed by atoms with van der Waals surface area (Å²) in [5.74, 6) is -0.200. The van der Waals surface area contributed by atoms with Gasteiger partial charge in [-0.15, -0.1) is 0 Å². The van der Waals surface area contributed by atoms with Crippen LogP contribution in [0.15, 0.2) is 12.1 Å². The minimum absolute atomic E-state index is 0.200. The first-order valence-corrected chi connectivity index (χ1v) is 3.77. The molecule has 0 aliphatic rings. The predicted octanol–water partition coefficient (Wildman–Crippen LogP) is 2.51. The van der Waals surface area contributed by atoms with Crippen LogP contribution in [0.1, 0.15) is 16.7 Å². The summed E-state index contributed by atoms with van der Waals surface area (Å²) >= 11 is 0. The number of hydrogen-bond acceptors (Lipinski definition) is 1. The number of nitriles is 1. The lowest BCUT2D eigenvalue weighted by molar-refractivity contribution is 0.616. The fraction of sp³-hybridized carbons (Fsp3) is 0.300. The van der Waals surface area contributed by atoms with Crippen LogP contribution in [0, 0.1) is 31.0 Å². The molecule has 0 unspecified atom stereocenters. The van der Waals surface area contributed by atoms with Crippen molar-refractivity contribution < 1.29 is 4.39 Å². The zero-order valence-electron chi connectivity index (χ0n) is 7.19. The summed E-state index contributed by atoms with van der Waals surface area (Å²) in [4.78, 5) is 0. The van der Waals surface area contributed by atoms with Gasteiger partial charge in [0.05, 0.1) is 12.5 Å². The Kier molecular flexibility index (Phi) is 2.44. The second kappa shape index (κ2) is 3.36. The van der Waals surface area contributed by atoms with E-state index in [9.17, 15) is 4.39 Å². The molecule has 0 bridgehead atoms. The molecule has 0 heterocycles. The van der Waals surface area contributed by atoms with Gasteiger partial charge in [-0.05, 0) is 36.6 Å². The highest BCUT2D eigenvalue weighted by Gasteiger charge is 2.02. The molecule has 0 saturated carbocycles. The molecule has 0 radical (unpaired) electrons. The van der Waals surface area contributed by atoms with Crippen molar-refractivity contribution in [3.8, 4) is 6.07 Å². The van der Waals surface area contributed by atoms with Crippen LogP contribution >= 0.6 is 0 Å². The summed E-state index contributed by atoms with van der Waals surface area (Å²) < 4.78 is 12.9. The topological polar surface area (TPSA) is 23.8 Å². The van der Waals surface area contributed by atoms with E-state index in [0.29, 0.717) is 12.0 Å². The molecule has 0 N–H and O–H groups in total. The lowest BCUT2D eigenvalue weighted by Crippen LogP contribution is -1.92. The Bertz CT molecular complexity index is 336. The van der Waals surface area contributed by atoms with Crippen molar-refractivity contribution in [2.45, 2.75) is 20.3 Å². The summed E-state index contributed by atoms with van der Waals surface area (Å²) in [6.45, 7) is 3.52. The maximum atomic E-state index is 12.9. The Balaban J connectivity index is 3.16. The van der Waals surface area contributed by atoms with Gasteiger partial charge in [-0.3, -0.25) is 0 Å². The number of nitrogens with zero attached hydrogens (tertiary/aromatic N) is 1. The summed E-state index contributed by atoms with van der Waals surface area (Å²) in [5.41, 5.74) is 2.36. The van der Waals surface area contributed by atoms with Crippen molar-refractivity contribution in [3.63, 3.8) is 0 Å². The molecule has 0 atom stereocenters. The molecule has 0 aliphatic carbocycles. The van der Waals surface area contributed by atoms with E-state index in [1.165, 1.54) is 6.07 Å². The molecule has 62 valence electrons. The maximum absolute atomic E-state index is 12.9. The molecule has 2 heteroatoms. The fourth-order valence-corrected chi connectivity index (χ4v) is 1.12. The number of rotatable bonds is 1. The average Bonchev–Trinajstić information content (AvgIpc) is 2.01. The Morgan fingerprint density at radius 1 is 1.33 bits per heavy atom. The van der Waals surface area contributed by atoms with Crippen LogP contribution in [0.3, 0.4) is 0 Å². The molecule has 0 aromatic heterocycles. The molecule has 0 fully saturated rings. The van der Waals surface area contributed by atoms with E-state index in [1.54, 1.807) is 13.0 Å². The SMILES string of the molecule is Cc1cc(CC#N)c(C)cc1F. The Hall–Kier alpha value is -1.36. The van der Waals surface area contributed by atoms with Crippen molar-refractivity contribution >= 4 is 0 Å². The summed E-state index contributed by atoms with van der Waals surface area (Å²) in [5, 5.41) is 8.46. The molecule has 0 saturated heterocycles. The molecule has 1 nitrogen and oxygen atoms in total. The monoisotopic (exact) mass is 163 g/mol. The van der Waals surface area contributed by atoms with Gasteiger partial charge in [0, 0.05) is 0 Å². The van der Waals surface area contributed by atoms with Crippen molar-refractivity contribution in [2.75, 3.05) is 0 Å². The van der Waals surface area contributed by atoms with E-state index in [4.69, 9.17) is 5.26 Å². The van der Waals surface area contributed by atoms with Crippen molar-refractivity contribution in [1.82, 2.24) is 0 Å². The largest absolute Gasteiger partial charge is 0.207 e. The second-order valence-corrected chi connectivity index (χ2v) is 2.86. The van der Waals surface area contributed by atoms with Crippen LogP contribution in [0.5, 0.6) is 0 Å². The number of halogens is 1. The molecule has 0 aliphatic heterocycles. The van der Waals surface area contributed by atoms with E-state index in [2.05, 4.69) is 0 Å². The van der Waals surface area contributed by atoms with Crippen molar-refractivity contribution in [1.29, 1.82) is 5.26 Å². The second-order valence-electron chi connectivity index (χ2n) is 2.86. The first-order valence-electron chi connectivity index (χ1n) is 3.77. The van der Waals surface area contributed by atoms with Gasteiger partial charge in [0.1, 0.15) is 5.82 Å².